The zero-order valence-electron chi connectivity index (χ0n) is 26.0. The molecule has 41 heavy (non-hydrogen) atoms. The maximum atomic E-state index is 5.53. The van der Waals surface area contributed by atoms with Crippen LogP contribution in [-0.2, 0) is 58.0 Å². The summed E-state index contributed by atoms with van der Waals surface area (Å²) in [6, 6.07) is 0. The van der Waals surface area contributed by atoms with Crippen LogP contribution in [0.5, 0.6) is 0 Å². The second kappa shape index (κ2) is 26.7. The van der Waals surface area contributed by atoms with Crippen molar-refractivity contribution < 1.29 is 58.0 Å². The highest BCUT2D eigenvalue weighted by Crippen LogP contribution is 2.22. The van der Waals surface area contributed by atoms with Crippen LogP contribution in [0.3, 0.4) is 0 Å². The summed E-state index contributed by atoms with van der Waals surface area (Å²) in [6.45, 7) is 15.5. The molecule has 0 N–H and O–H groups in total. The van der Waals surface area contributed by atoms with Crippen LogP contribution in [0, 0.1) is 5.41 Å². The van der Waals surface area contributed by atoms with Crippen molar-refractivity contribution in [3.8, 4) is 0 Å². The molecule has 12 nitrogen and oxygen atoms in total. The summed E-state index contributed by atoms with van der Waals surface area (Å²) < 4.78 is 21.8. The Labute approximate surface area is 245 Å². The van der Waals surface area contributed by atoms with Crippen molar-refractivity contribution in [1.29, 1.82) is 0 Å². The summed E-state index contributed by atoms with van der Waals surface area (Å²) in [4.78, 5) is 43.7. The average molecular weight is 593 g/mol. The van der Waals surface area contributed by atoms with E-state index in [9.17, 15) is 0 Å². The molecule has 0 aromatic carbocycles. The molecule has 0 aliphatic carbocycles. The Morgan fingerprint density at radius 3 is 0.805 bits per heavy atom. The van der Waals surface area contributed by atoms with Crippen LogP contribution >= 0.6 is 0 Å². The summed E-state index contributed by atoms with van der Waals surface area (Å²) in [5.74, 6) is 0. The van der Waals surface area contributed by atoms with Gasteiger partial charge in [0.05, 0.1) is 56.9 Å². The molecule has 0 saturated heterocycles. The first-order valence-electron chi connectivity index (χ1n) is 13.9. The predicted molar refractivity (Wildman–Crippen MR) is 151 cm³/mol. The van der Waals surface area contributed by atoms with Gasteiger partial charge in [-0.25, -0.2) is 39.1 Å². The predicted octanol–water partition coefficient (Wildman–Crippen LogP) is 5.52. The lowest BCUT2D eigenvalue weighted by atomic mass is 9.93. The molecule has 0 heterocycles. The summed E-state index contributed by atoms with van der Waals surface area (Å²) in [7, 11) is 0. The van der Waals surface area contributed by atoms with E-state index in [1.807, 2.05) is 55.4 Å². The number of allylic oxidation sites excluding steroid dienone is 4. The molecule has 0 bridgehead atoms. The van der Waals surface area contributed by atoms with Crippen molar-refractivity contribution in [3.63, 3.8) is 0 Å². The van der Waals surface area contributed by atoms with Gasteiger partial charge in [0.1, 0.15) is 50.8 Å². The topological polar surface area (TPSA) is 111 Å². The van der Waals surface area contributed by atoms with Gasteiger partial charge < -0.3 is 18.9 Å². The van der Waals surface area contributed by atoms with Crippen LogP contribution in [0.25, 0.3) is 0 Å². The highest BCUT2D eigenvalue weighted by atomic mass is 17.2. The number of rotatable bonds is 28. The lowest BCUT2D eigenvalue weighted by Gasteiger charge is -2.31. The molecular formula is C29H52O12. The number of hydrogen-bond acceptors (Lipinski definition) is 12. The smallest absolute Gasteiger partial charge is 0.121 e. The number of hydrogen-bond donors (Lipinski definition) is 0. The Bertz CT molecular complexity index is 580. The molecule has 240 valence electrons. The molecule has 4 unspecified atom stereocenters. The monoisotopic (exact) mass is 592 g/mol. The maximum Gasteiger partial charge on any atom is 0.121 e. The third kappa shape index (κ3) is 23.1. The van der Waals surface area contributed by atoms with Crippen LogP contribution in [-0.4, -0.2) is 77.3 Å². The van der Waals surface area contributed by atoms with Crippen molar-refractivity contribution >= 4 is 0 Å². The first kappa shape index (κ1) is 38.8. The van der Waals surface area contributed by atoms with Crippen LogP contribution in [0.15, 0.2) is 49.4 Å². The Hall–Kier alpha value is -2.16. The lowest BCUT2D eigenvalue weighted by molar-refractivity contribution is -0.396. The van der Waals surface area contributed by atoms with Crippen LogP contribution in [0.2, 0.25) is 0 Å². The molecule has 0 saturated carbocycles. The Kier molecular flexibility index (Phi) is 25.3. The quantitative estimate of drug-likeness (QED) is 0.0494. The van der Waals surface area contributed by atoms with E-state index >= 15 is 0 Å². The summed E-state index contributed by atoms with van der Waals surface area (Å²) >= 11 is 0. The molecule has 0 aliphatic heterocycles. The molecule has 0 aromatic heterocycles. The molecule has 0 radical (unpaired) electrons. The molecule has 0 aromatic rings. The summed E-state index contributed by atoms with van der Waals surface area (Å²) in [5, 5.41) is 0. The van der Waals surface area contributed by atoms with E-state index in [4.69, 9.17) is 58.0 Å². The third-order valence-corrected chi connectivity index (χ3v) is 4.79. The van der Waals surface area contributed by atoms with E-state index in [-0.39, 0.29) is 77.3 Å². The van der Waals surface area contributed by atoms with Crippen molar-refractivity contribution in [2.24, 2.45) is 5.41 Å². The second-order valence-electron chi connectivity index (χ2n) is 9.35. The lowest BCUT2D eigenvalue weighted by Crippen LogP contribution is -2.42. The van der Waals surface area contributed by atoms with Crippen molar-refractivity contribution in [1.82, 2.24) is 0 Å². The molecule has 12 heteroatoms. The minimum atomic E-state index is -0.971. The minimum absolute atomic E-state index is 0.0146. The third-order valence-electron chi connectivity index (χ3n) is 4.79. The van der Waals surface area contributed by atoms with Gasteiger partial charge in [-0.3, -0.25) is 0 Å². The highest BCUT2D eigenvalue weighted by molar-refractivity contribution is 4.78. The van der Waals surface area contributed by atoms with Crippen LogP contribution in [0.1, 0.15) is 55.4 Å². The van der Waals surface area contributed by atoms with Crippen molar-refractivity contribution in [3.05, 3.63) is 49.4 Å². The van der Waals surface area contributed by atoms with Gasteiger partial charge in [0, 0.05) is 0 Å². The minimum Gasteiger partial charge on any atom is -0.496 e. The van der Waals surface area contributed by atoms with E-state index in [0.29, 0.717) is 0 Å². The first-order valence-corrected chi connectivity index (χ1v) is 13.9. The van der Waals surface area contributed by atoms with Crippen molar-refractivity contribution in [2.75, 3.05) is 52.9 Å². The molecule has 0 amide bonds. The van der Waals surface area contributed by atoms with Gasteiger partial charge >= 0.3 is 0 Å². The van der Waals surface area contributed by atoms with E-state index in [1.54, 1.807) is 49.4 Å². The van der Waals surface area contributed by atoms with E-state index in [0.717, 1.165) is 0 Å². The molecule has 0 spiro atoms. The highest BCUT2D eigenvalue weighted by Gasteiger charge is 2.35. The SMILES string of the molecule is CC=COC(C)COOCC(COOCC(C)OC=CC)(COOCC(C)OC=CC)COOCC(C)OC=CC. The van der Waals surface area contributed by atoms with Gasteiger partial charge in [0.15, 0.2) is 0 Å². The molecule has 0 aliphatic rings. The molecular weight excluding hydrogens is 540 g/mol. The Morgan fingerprint density at radius 1 is 0.390 bits per heavy atom. The zero-order chi connectivity index (χ0) is 30.6. The fourth-order valence-corrected chi connectivity index (χ4v) is 2.50. The van der Waals surface area contributed by atoms with Gasteiger partial charge in [-0.15, -0.1) is 0 Å². The molecule has 4 atom stereocenters. The van der Waals surface area contributed by atoms with Gasteiger partial charge in [0.2, 0.25) is 0 Å². The van der Waals surface area contributed by atoms with Crippen LogP contribution in [0.4, 0.5) is 0 Å². The first-order chi connectivity index (χ1) is 19.8. The van der Waals surface area contributed by atoms with Gasteiger partial charge in [0.25, 0.3) is 0 Å². The zero-order valence-corrected chi connectivity index (χ0v) is 26.0. The largest absolute Gasteiger partial charge is 0.496 e. The summed E-state index contributed by atoms with van der Waals surface area (Å²) in [6.07, 6.45) is 12.6. The normalized spacial score (nSPS) is 16.8. The van der Waals surface area contributed by atoms with E-state index in [2.05, 4.69) is 0 Å². The second-order valence-corrected chi connectivity index (χ2v) is 9.35. The molecule has 0 fully saturated rings. The van der Waals surface area contributed by atoms with E-state index in [1.165, 1.54) is 0 Å². The maximum absolute atomic E-state index is 5.53. The van der Waals surface area contributed by atoms with Crippen molar-refractivity contribution in [2.45, 2.75) is 79.8 Å². The van der Waals surface area contributed by atoms with E-state index < -0.39 is 5.41 Å². The number of ether oxygens (including phenoxy) is 4. The average Bonchev–Trinajstić information content (AvgIpc) is 2.97. The van der Waals surface area contributed by atoms with Crippen LogP contribution < -0.4 is 0 Å². The van der Waals surface area contributed by atoms with Gasteiger partial charge in [-0.1, -0.05) is 24.3 Å². The molecule has 0 rings (SSSR count). The Balaban J connectivity index is 5.29. The Morgan fingerprint density at radius 2 is 0.610 bits per heavy atom. The van der Waals surface area contributed by atoms with Gasteiger partial charge in [-0.05, 0) is 55.4 Å². The fraction of sp³-hybridized carbons (Fsp3) is 0.724. The van der Waals surface area contributed by atoms with Gasteiger partial charge in [-0.2, -0.15) is 0 Å². The standard InChI is InChI=1S/C29H52O12/c1-9-13-30-25(5)17-34-38-21-29(22-39-35-18-26(6)31-14-10-2,23-40-36-19-27(7)32-15-11-3)24-41-37-20-28(8)33-16-12-4/h9-16,25-28H,17-24H2,1-8H3. The summed E-state index contributed by atoms with van der Waals surface area (Å²) in [5.41, 5.74) is -0.971. The fourth-order valence-electron chi connectivity index (χ4n) is 2.50.